The maximum atomic E-state index is 12.7. The van der Waals surface area contributed by atoms with E-state index in [0.29, 0.717) is 23.7 Å². The molecule has 154 valence electrons. The van der Waals surface area contributed by atoms with Crippen molar-refractivity contribution in [3.8, 4) is 0 Å². The number of hydrogen-bond acceptors (Lipinski definition) is 3. The fourth-order valence-electron chi connectivity index (χ4n) is 2.67. The van der Waals surface area contributed by atoms with Crippen molar-refractivity contribution >= 4 is 29.3 Å². The van der Waals surface area contributed by atoms with E-state index >= 15 is 0 Å². The van der Waals surface area contributed by atoms with Gasteiger partial charge in [-0.05, 0) is 17.7 Å². The first kappa shape index (κ1) is 22.4. The van der Waals surface area contributed by atoms with Gasteiger partial charge in [-0.3, -0.25) is 14.4 Å². The quantitative estimate of drug-likeness (QED) is 0.550. The largest absolute Gasteiger partial charge is 0.354 e. The molecule has 3 amide bonds. The molecule has 0 aromatic heterocycles. The summed E-state index contributed by atoms with van der Waals surface area (Å²) in [5.74, 6) is -0.736. The van der Waals surface area contributed by atoms with Gasteiger partial charge >= 0.3 is 0 Å². The van der Waals surface area contributed by atoms with Gasteiger partial charge in [-0.25, -0.2) is 0 Å². The molecule has 29 heavy (non-hydrogen) atoms. The number of carbonyl (C=O) groups excluding carboxylic acids is 3. The van der Waals surface area contributed by atoms with Crippen LogP contribution < -0.4 is 16.0 Å². The molecule has 1 atom stereocenters. The maximum absolute atomic E-state index is 12.7. The van der Waals surface area contributed by atoms with Crippen LogP contribution >= 0.6 is 11.6 Å². The Hall–Kier alpha value is -2.86. The molecule has 0 fully saturated rings. The molecule has 2 rings (SSSR count). The van der Waals surface area contributed by atoms with Crippen LogP contribution in [-0.4, -0.2) is 30.8 Å². The van der Waals surface area contributed by atoms with E-state index in [1.165, 1.54) is 0 Å². The van der Waals surface area contributed by atoms with Crippen LogP contribution in [0.3, 0.4) is 0 Å². The summed E-state index contributed by atoms with van der Waals surface area (Å²) in [5.41, 5.74) is 1.17. The van der Waals surface area contributed by atoms with Gasteiger partial charge in [-0.15, -0.1) is 0 Å². The fraction of sp³-hybridized carbons (Fsp3) is 0.318. The second kappa shape index (κ2) is 11.2. The lowest BCUT2D eigenvalue weighted by Crippen LogP contribution is -2.38. The second-order valence-electron chi connectivity index (χ2n) is 6.92. The van der Waals surface area contributed by atoms with Crippen LogP contribution in [0.15, 0.2) is 54.6 Å². The third kappa shape index (κ3) is 7.23. The zero-order valence-electron chi connectivity index (χ0n) is 16.6. The molecule has 6 nitrogen and oxygen atoms in total. The van der Waals surface area contributed by atoms with Gasteiger partial charge in [0.25, 0.3) is 5.91 Å². The van der Waals surface area contributed by atoms with Crippen molar-refractivity contribution in [3.05, 3.63) is 70.7 Å². The Morgan fingerprint density at radius 3 is 2.17 bits per heavy atom. The zero-order valence-corrected chi connectivity index (χ0v) is 17.3. The molecule has 0 aliphatic rings. The lowest BCUT2D eigenvalue weighted by Gasteiger charge is -2.19. The van der Waals surface area contributed by atoms with Gasteiger partial charge in [0.1, 0.15) is 0 Å². The Balaban J connectivity index is 1.98. The zero-order chi connectivity index (χ0) is 21.2. The van der Waals surface area contributed by atoms with E-state index < -0.39 is 6.04 Å². The molecule has 0 radical (unpaired) electrons. The summed E-state index contributed by atoms with van der Waals surface area (Å²) in [5, 5.41) is 8.76. The van der Waals surface area contributed by atoms with E-state index in [4.69, 9.17) is 11.6 Å². The van der Waals surface area contributed by atoms with Crippen molar-refractivity contribution in [2.45, 2.75) is 26.3 Å². The first-order valence-electron chi connectivity index (χ1n) is 9.53. The highest BCUT2D eigenvalue weighted by atomic mass is 35.5. The number of amides is 3. The smallest absolute Gasteiger partial charge is 0.253 e. The number of nitrogens with one attached hydrogen (secondary N) is 3. The van der Waals surface area contributed by atoms with Crippen LogP contribution in [0.5, 0.6) is 0 Å². The Labute approximate surface area is 176 Å². The van der Waals surface area contributed by atoms with Gasteiger partial charge < -0.3 is 16.0 Å². The topological polar surface area (TPSA) is 87.3 Å². The standard InChI is InChI=1S/C22H26ClN3O3/c1-15(2)21(28)25-13-12-24-20(27)14-19(16-8-4-3-5-9-16)26-22(29)17-10-6-7-11-18(17)23/h3-11,15,19H,12-14H2,1-2H3,(H,24,27)(H,25,28)(H,26,29). The molecule has 1 unspecified atom stereocenters. The summed E-state index contributed by atoms with van der Waals surface area (Å²) in [6.45, 7) is 4.28. The van der Waals surface area contributed by atoms with Crippen LogP contribution in [0.25, 0.3) is 0 Å². The van der Waals surface area contributed by atoms with E-state index in [1.54, 1.807) is 38.1 Å². The van der Waals surface area contributed by atoms with Crippen LogP contribution in [0.1, 0.15) is 42.2 Å². The van der Waals surface area contributed by atoms with Crippen molar-refractivity contribution in [2.24, 2.45) is 5.92 Å². The highest BCUT2D eigenvalue weighted by molar-refractivity contribution is 6.33. The monoisotopic (exact) mass is 415 g/mol. The first-order valence-corrected chi connectivity index (χ1v) is 9.91. The summed E-state index contributed by atoms with van der Waals surface area (Å²) in [6.07, 6.45) is 0.0678. The Morgan fingerprint density at radius 1 is 0.897 bits per heavy atom. The molecule has 0 aliphatic carbocycles. The van der Waals surface area contributed by atoms with Gasteiger partial charge in [0.2, 0.25) is 11.8 Å². The van der Waals surface area contributed by atoms with Gasteiger partial charge in [0.15, 0.2) is 0 Å². The summed E-state index contributed by atoms with van der Waals surface area (Å²) in [6, 6.07) is 15.5. The van der Waals surface area contributed by atoms with Gasteiger partial charge in [0.05, 0.1) is 23.0 Å². The average Bonchev–Trinajstić information content (AvgIpc) is 2.71. The van der Waals surface area contributed by atoms with Crippen molar-refractivity contribution in [1.29, 1.82) is 0 Å². The van der Waals surface area contributed by atoms with Crippen LogP contribution in [0.4, 0.5) is 0 Å². The normalized spacial score (nSPS) is 11.6. The predicted molar refractivity (Wildman–Crippen MR) is 114 cm³/mol. The lowest BCUT2D eigenvalue weighted by atomic mass is 10.0. The third-order valence-corrected chi connectivity index (χ3v) is 4.62. The fourth-order valence-corrected chi connectivity index (χ4v) is 2.89. The lowest BCUT2D eigenvalue weighted by molar-refractivity contribution is -0.124. The first-order chi connectivity index (χ1) is 13.9. The number of hydrogen-bond donors (Lipinski definition) is 3. The Kier molecular flexibility index (Phi) is 8.68. The summed E-state index contributed by atoms with van der Waals surface area (Å²) < 4.78 is 0. The number of benzene rings is 2. The molecular weight excluding hydrogens is 390 g/mol. The Bertz CT molecular complexity index is 840. The van der Waals surface area contributed by atoms with Gasteiger partial charge in [-0.1, -0.05) is 67.9 Å². The minimum absolute atomic E-state index is 0.0617. The van der Waals surface area contributed by atoms with Crippen LogP contribution in [0, 0.1) is 5.92 Å². The molecule has 0 spiro atoms. The van der Waals surface area contributed by atoms with Crippen LogP contribution in [-0.2, 0) is 9.59 Å². The summed E-state index contributed by atoms with van der Waals surface area (Å²) in [7, 11) is 0. The molecular formula is C22H26ClN3O3. The highest BCUT2D eigenvalue weighted by Crippen LogP contribution is 2.20. The molecule has 3 N–H and O–H groups in total. The van der Waals surface area contributed by atoms with Gasteiger partial charge in [0, 0.05) is 19.0 Å². The number of carbonyl (C=O) groups is 3. The van der Waals surface area contributed by atoms with Crippen molar-refractivity contribution in [2.75, 3.05) is 13.1 Å². The van der Waals surface area contributed by atoms with E-state index in [1.807, 2.05) is 30.3 Å². The van der Waals surface area contributed by atoms with Crippen molar-refractivity contribution in [3.63, 3.8) is 0 Å². The SMILES string of the molecule is CC(C)C(=O)NCCNC(=O)CC(NC(=O)c1ccccc1Cl)c1ccccc1. The van der Waals surface area contributed by atoms with E-state index in [0.717, 1.165) is 5.56 Å². The molecule has 7 heteroatoms. The Morgan fingerprint density at radius 2 is 1.52 bits per heavy atom. The van der Waals surface area contributed by atoms with Crippen molar-refractivity contribution in [1.82, 2.24) is 16.0 Å². The number of rotatable bonds is 9. The molecule has 0 saturated carbocycles. The minimum atomic E-state index is -0.509. The maximum Gasteiger partial charge on any atom is 0.253 e. The van der Waals surface area contributed by atoms with Crippen LogP contribution in [0.2, 0.25) is 5.02 Å². The molecule has 0 heterocycles. The molecule has 0 bridgehead atoms. The third-order valence-electron chi connectivity index (χ3n) is 4.29. The summed E-state index contributed by atoms with van der Waals surface area (Å²) in [4.78, 5) is 36.6. The van der Waals surface area contributed by atoms with E-state index in [9.17, 15) is 14.4 Å². The minimum Gasteiger partial charge on any atom is -0.354 e. The van der Waals surface area contributed by atoms with Crippen molar-refractivity contribution < 1.29 is 14.4 Å². The molecule has 0 saturated heterocycles. The van der Waals surface area contributed by atoms with E-state index in [-0.39, 0.29) is 30.1 Å². The van der Waals surface area contributed by atoms with Gasteiger partial charge in [-0.2, -0.15) is 0 Å². The predicted octanol–water partition coefficient (Wildman–Crippen LogP) is 3.09. The van der Waals surface area contributed by atoms with E-state index in [2.05, 4.69) is 16.0 Å². The second-order valence-corrected chi connectivity index (χ2v) is 7.32. The average molecular weight is 416 g/mol. The number of halogens is 1. The summed E-state index contributed by atoms with van der Waals surface area (Å²) >= 11 is 6.11. The highest BCUT2D eigenvalue weighted by Gasteiger charge is 2.20. The molecule has 0 aliphatic heterocycles. The molecule has 2 aromatic carbocycles. The molecule has 2 aromatic rings.